The van der Waals surface area contributed by atoms with Gasteiger partial charge in [-0.3, -0.25) is 4.79 Å². The van der Waals surface area contributed by atoms with Crippen molar-refractivity contribution in [2.75, 3.05) is 28.3 Å². The van der Waals surface area contributed by atoms with E-state index in [0.29, 0.717) is 28.1 Å². The molecule has 2 rings (SSSR count). The first kappa shape index (κ1) is 16.4. The number of pyridine rings is 1. The van der Waals surface area contributed by atoms with Crippen molar-refractivity contribution >= 4 is 22.9 Å². The lowest BCUT2D eigenvalue weighted by atomic mass is 10.1. The minimum absolute atomic E-state index is 0.00896. The first-order valence-corrected chi connectivity index (χ1v) is 6.84. The molecule has 0 aliphatic heterocycles. The van der Waals surface area contributed by atoms with E-state index in [4.69, 9.17) is 9.47 Å². The van der Waals surface area contributed by atoms with Crippen molar-refractivity contribution in [3.8, 4) is 17.6 Å². The SMILES string of the molecule is COc1cc2c(N=CN(C)C)c(C#N)c(=O)n(C)c2cc1OC. The third kappa shape index (κ3) is 2.83. The molecule has 0 N–H and O–H groups in total. The number of hydrogen-bond acceptors (Lipinski definition) is 5. The number of hydrogen-bond donors (Lipinski definition) is 0. The maximum atomic E-state index is 12.4. The molecule has 1 heterocycles. The van der Waals surface area contributed by atoms with E-state index >= 15 is 0 Å². The highest BCUT2D eigenvalue weighted by Crippen LogP contribution is 2.36. The number of aromatic nitrogens is 1. The maximum Gasteiger partial charge on any atom is 0.270 e. The number of aliphatic imine (C=N–C) groups is 1. The van der Waals surface area contributed by atoms with Gasteiger partial charge in [-0.1, -0.05) is 0 Å². The molecule has 0 atom stereocenters. The van der Waals surface area contributed by atoms with Crippen LogP contribution in [0.2, 0.25) is 0 Å². The first-order valence-electron chi connectivity index (χ1n) is 6.84. The molecule has 120 valence electrons. The molecular formula is C16H18N4O3. The monoisotopic (exact) mass is 314 g/mol. The quantitative estimate of drug-likeness (QED) is 0.633. The molecule has 1 aromatic heterocycles. The fourth-order valence-electron chi connectivity index (χ4n) is 2.26. The third-order valence-electron chi connectivity index (χ3n) is 3.40. The second-order valence-corrected chi connectivity index (χ2v) is 5.13. The van der Waals surface area contributed by atoms with Crippen LogP contribution in [0.25, 0.3) is 10.9 Å². The zero-order valence-electron chi connectivity index (χ0n) is 13.7. The predicted molar refractivity (Wildman–Crippen MR) is 88.8 cm³/mol. The minimum atomic E-state index is -0.405. The second-order valence-electron chi connectivity index (χ2n) is 5.13. The summed E-state index contributed by atoms with van der Waals surface area (Å²) < 4.78 is 12.0. The summed E-state index contributed by atoms with van der Waals surface area (Å²) in [5, 5.41) is 10.0. The standard InChI is InChI=1S/C16H18N4O3/c1-19(2)9-18-15-10-6-13(22-4)14(23-5)7-12(10)20(3)16(21)11(15)8-17/h6-7,9H,1-5H3. The minimum Gasteiger partial charge on any atom is -0.493 e. The van der Waals surface area contributed by atoms with Gasteiger partial charge in [0.25, 0.3) is 5.56 Å². The van der Waals surface area contributed by atoms with Gasteiger partial charge >= 0.3 is 0 Å². The number of benzene rings is 1. The van der Waals surface area contributed by atoms with Gasteiger partial charge in [0.05, 0.1) is 31.8 Å². The number of nitrogens with zero attached hydrogens (tertiary/aromatic N) is 4. The van der Waals surface area contributed by atoms with Gasteiger partial charge in [-0.25, -0.2) is 4.99 Å². The van der Waals surface area contributed by atoms with Crippen LogP contribution in [-0.2, 0) is 7.05 Å². The summed E-state index contributed by atoms with van der Waals surface area (Å²) in [7, 11) is 8.28. The smallest absolute Gasteiger partial charge is 0.270 e. The van der Waals surface area contributed by atoms with E-state index in [2.05, 4.69) is 4.99 Å². The van der Waals surface area contributed by atoms with E-state index in [9.17, 15) is 10.1 Å². The van der Waals surface area contributed by atoms with Crippen molar-refractivity contribution in [2.45, 2.75) is 0 Å². The van der Waals surface area contributed by atoms with Crippen molar-refractivity contribution in [1.82, 2.24) is 9.47 Å². The average molecular weight is 314 g/mol. The Labute approximate surface area is 134 Å². The lowest BCUT2D eigenvalue weighted by Crippen LogP contribution is -2.20. The zero-order valence-corrected chi connectivity index (χ0v) is 13.7. The molecule has 0 aliphatic carbocycles. The van der Waals surface area contributed by atoms with Crippen LogP contribution < -0.4 is 15.0 Å². The summed E-state index contributed by atoms with van der Waals surface area (Å²) in [5.74, 6) is 1.01. The molecule has 2 aromatic rings. The molecule has 0 spiro atoms. The van der Waals surface area contributed by atoms with Gasteiger partial charge in [-0.05, 0) is 6.07 Å². The number of methoxy groups -OCH3 is 2. The van der Waals surface area contributed by atoms with Crippen molar-refractivity contribution in [1.29, 1.82) is 5.26 Å². The molecule has 7 heteroatoms. The molecule has 0 unspecified atom stereocenters. The lowest BCUT2D eigenvalue weighted by Gasteiger charge is -2.14. The zero-order chi connectivity index (χ0) is 17.1. The molecule has 0 saturated carbocycles. The largest absolute Gasteiger partial charge is 0.493 e. The van der Waals surface area contributed by atoms with Crippen LogP contribution >= 0.6 is 0 Å². The summed E-state index contributed by atoms with van der Waals surface area (Å²) in [5.41, 5.74) is 0.515. The number of ether oxygens (including phenoxy) is 2. The number of aryl methyl sites for hydroxylation is 1. The molecule has 1 aromatic carbocycles. The number of fused-ring (bicyclic) bond motifs is 1. The van der Waals surface area contributed by atoms with Crippen LogP contribution in [-0.4, -0.2) is 44.1 Å². The molecule has 0 saturated heterocycles. The van der Waals surface area contributed by atoms with Crippen LogP contribution in [0.5, 0.6) is 11.5 Å². The summed E-state index contributed by atoms with van der Waals surface area (Å²) in [6.07, 6.45) is 1.55. The normalized spacial score (nSPS) is 10.8. The summed E-state index contributed by atoms with van der Waals surface area (Å²) in [4.78, 5) is 18.4. The Morgan fingerprint density at radius 3 is 2.39 bits per heavy atom. The second kappa shape index (κ2) is 6.40. The number of nitriles is 1. The van der Waals surface area contributed by atoms with Gasteiger partial charge in [0.15, 0.2) is 11.5 Å². The van der Waals surface area contributed by atoms with Crippen LogP contribution in [0.15, 0.2) is 21.9 Å². The van der Waals surface area contributed by atoms with Gasteiger partial charge in [0.1, 0.15) is 11.6 Å². The Morgan fingerprint density at radius 1 is 1.26 bits per heavy atom. The van der Waals surface area contributed by atoms with E-state index in [1.54, 1.807) is 30.4 Å². The highest BCUT2D eigenvalue weighted by molar-refractivity contribution is 5.96. The van der Waals surface area contributed by atoms with Crippen molar-refractivity contribution in [3.63, 3.8) is 0 Å². The Hall–Kier alpha value is -3.01. The molecule has 0 aliphatic rings. The Balaban J connectivity index is 2.98. The van der Waals surface area contributed by atoms with Crippen molar-refractivity contribution < 1.29 is 9.47 Å². The van der Waals surface area contributed by atoms with Gasteiger partial charge in [0.2, 0.25) is 0 Å². The van der Waals surface area contributed by atoms with E-state index in [0.717, 1.165) is 0 Å². The molecule has 23 heavy (non-hydrogen) atoms. The number of rotatable bonds is 4. The summed E-state index contributed by atoms with van der Waals surface area (Å²) in [6.45, 7) is 0. The molecular weight excluding hydrogens is 296 g/mol. The summed E-state index contributed by atoms with van der Waals surface area (Å²) in [6, 6.07) is 5.37. The predicted octanol–water partition coefficient (Wildman–Crippen LogP) is 1.65. The topological polar surface area (TPSA) is 79.9 Å². The molecule has 0 amide bonds. The molecule has 0 radical (unpaired) electrons. The van der Waals surface area contributed by atoms with Gasteiger partial charge in [-0.15, -0.1) is 0 Å². The maximum absolute atomic E-state index is 12.4. The molecule has 0 fully saturated rings. The van der Waals surface area contributed by atoms with Gasteiger partial charge in [0, 0.05) is 32.6 Å². The van der Waals surface area contributed by atoms with E-state index < -0.39 is 5.56 Å². The lowest BCUT2D eigenvalue weighted by molar-refractivity contribution is 0.355. The van der Waals surface area contributed by atoms with Gasteiger partial charge < -0.3 is 18.9 Å². The highest BCUT2D eigenvalue weighted by atomic mass is 16.5. The van der Waals surface area contributed by atoms with Gasteiger partial charge in [-0.2, -0.15) is 5.26 Å². The van der Waals surface area contributed by atoms with Crippen LogP contribution in [0, 0.1) is 11.3 Å². The Kier molecular flexibility index (Phi) is 4.55. The third-order valence-corrected chi connectivity index (χ3v) is 3.40. The molecule has 7 nitrogen and oxygen atoms in total. The van der Waals surface area contributed by atoms with Crippen molar-refractivity contribution in [2.24, 2.45) is 12.0 Å². The highest BCUT2D eigenvalue weighted by Gasteiger charge is 2.17. The molecule has 0 bridgehead atoms. The average Bonchev–Trinajstić information content (AvgIpc) is 2.55. The fourth-order valence-corrected chi connectivity index (χ4v) is 2.26. The Bertz CT molecular complexity index is 876. The van der Waals surface area contributed by atoms with E-state index in [-0.39, 0.29) is 5.56 Å². The summed E-state index contributed by atoms with van der Waals surface area (Å²) >= 11 is 0. The van der Waals surface area contributed by atoms with E-state index in [1.165, 1.54) is 18.8 Å². The fraction of sp³-hybridized carbons (Fsp3) is 0.312. The van der Waals surface area contributed by atoms with Crippen LogP contribution in [0.3, 0.4) is 0 Å². The van der Waals surface area contributed by atoms with Crippen LogP contribution in [0.4, 0.5) is 5.69 Å². The van der Waals surface area contributed by atoms with Crippen LogP contribution in [0.1, 0.15) is 5.56 Å². The van der Waals surface area contributed by atoms with E-state index in [1.807, 2.05) is 20.2 Å². The first-order chi connectivity index (χ1) is 10.9. The Morgan fingerprint density at radius 2 is 1.87 bits per heavy atom. The van der Waals surface area contributed by atoms with Crippen molar-refractivity contribution in [3.05, 3.63) is 28.0 Å².